The van der Waals surface area contributed by atoms with Crippen molar-refractivity contribution in [2.24, 2.45) is 0 Å². The van der Waals surface area contributed by atoms with Gasteiger partial charge in [0, 0.05) is 17.7 Å². The van der Waals surface area contributed by atoms with Crippen molar-refractivity contribution in [1.82, 2.24) is 4.90 Å². The summed E-state index contributed by atoms with van der Waals surface area (Å²) in [4.78, 5) is 38.5. The highest BCUT2D eigenvalue weighted by Gasteiger charge is 2.36. The van der Waals surface area contributed by atoms with Crippen LogP contribution in [-0.4, -0.2) is 59.9 Å². The van der Waals surface area contributed by atoms with Crippen molar-refractivity contribution in [2.75, 3.05) is 25.6 Å². The Kier molecular flexibility index (Phi) is 7.05. The van der Waals surface area contributed by atoms with Crippen LogP contribution in [0, 0.1) is 11.2 Å². The standard InChI is InChI=1S/C27H30FN3O7/c1-6-37-18-9-14-11-31(25(29)21(14)22(28)24(18)36-5)12-17(32)13-7-15(27(2,3)4)23-16(8-13)30-26(35)19(38-23)10-20(33)34/h7-9,19,29H,6,10-12H2,1-5H3,(H,30,35)(H,33,34). The summed E-state index contributed by atoms with van der Waals surface area (Å²) < 4.78 is 31.7. The average Bonchev–Trinajstić information content (AvgIpc) is 3.13. The van der Waals surface area contributed by atoms with Gasteiger partial charge < -0.3 is 29.5 Å². The number of amides is 1. The van der Waals surface area contributed by atoms with Gasteiger partial charge in [-0.15, -0.1) is 0 Å². The SMILES string of the molecule is CCOc1cc2c(c(F)c1OC)C(=N)N(CC(=O)c1cc3c(c(C(C)(C)C)c1)OC(CC(=O)O)C(=O)N3)C2. The van der Waals surface area contributed by atoms with Gasteiger partial charge in [-0.1, -0.05) is 20.8 Å². The van der Waals surface area contributed by atoms with Crippen LogP contribution in [0.3, 0.4) is 0 Å². The molecule has 1 amide bonds. The third kappa shape index (κ3) is 4.88. The van der Waals surface area contributed by atoms with Gasteiger partial charge in [-0.25, -0.2) is 4.39 Å². The number of amidine groups is 1. The Labute approximate surface area is 219 Å². The fourth-order valence-corrected chi connectivity index (χ4v) is 4.60. The number of nitrogens with zero attached hydrogens (tertiary/aromatic N) is 1. The molecule has 0 aromatic heterocycles. The molecule has 0 aliphatic carbocycles. The summed E-state index contributed by atoms with van der Waals surface area (Å²) in [6.07, 6.45) is -1.70. The fraction of sp³-hybridized carbons (Fsp3) is 0.407. The number of carbonyl (C=O) groups excluding carboxylic acids is 2. The molecule has 1 unspecified atom stereocenters. The van der Waals surface area contributed by atoms with Gasteiger partial charge in [0.05, 0.1) is 37.9 Å². The van der Waals surface area contributed by atoms with Gasteiger partial charge in [0.1, 0.15) is 11.6 Å². The molecule has 3 N–H and O–H groups in total. The molecule has 2 aliphatic heterocycles. The topological polar surface area (TPSA) is 138 Å². The molecule has 2 aromatic rings. The van der Waals surface area contributed by atoms with E-state index in [2.05, 4.69) is 5.32 Å². The zero-order valence-corrected chi connectivity index (χ0v) is 21.9. The number of fused-ring (bicyclic) bond motifs is 2. The molecule has 10 nitrogen and oxygen atoms in total. The number of aliphatic carboxylic acids is 1. The number of methoxy groups -OCH3 is 1. The number of hydrogen-bond acceptors (Lipinski definition) is 7. The summed E-state index contributed by atoms with van der Waals surface area (Å²) in [6.45, 7) is 7.71. The molecule has 2 aromatic carbocycles. The zero-order valence-electron chi connectivity index (χ0n) is 21.9. The number of halogens is 1. The molecule has 11 heteroatoms. The van der Waals surface area contributed by atoms with Crippen LogP contribution in [0.25, 0.3) is 0 Å². The molecular formula is C27H30FN3O7. The number of Topliss-reactive ketones (excluding diaryl/α,β-unsaturated/α-hetero) is 1. The van der Waals surface area contributed by atoms with Crippen LogP contribution in [0.2, 0.25) is 0 Å². The molecular weight excluding hydrogens is 497 g/mol. The van der Waals surface area contributed by atoms with E-state index in [0.717, 1.165) is 0 Å². The van der Waals surface area contributed by atoms with Gasteiger partial charge in [0.25, 0.3) is 5.91 Å². The van der Waals surface area contributed by atoms with Crippen LogP contribution in [0.1, 0.15) is 61.2 Å². The molecule has 1 atom stereocenters. The molecule has 0 saturated carbocycles. The van der Waals surface area contributed by atoms with Crippen molar-refractivity contribution in [3.8, 4) is 17.2 Å². The molecule has 0 radical (unpaired) electrons. The summed E-state index contributed by atoms with van der Waals surface area (Å²) in [7, 11) is 1.32. The Morgan fingerprint density at radius 1 is 1.29 bits per heavy atom. The summed E-state index contributed by atoms with van der Waals surface area (Å²) >= 11 is 0. The number of rotatable bonds is 8. The van der Waals surface area contributed by atoms with E-state index in [1.807, 2.05) is 20.8 Å². The minimum atomic E-state index is -1.19. The number of carbonyl (C=O) groups is 3. The first kappa shape index (κ1) is 26.9. The van der Waals surface area contributed by atoms with Crippen molar-refractivity contribution < 1.29 is 38.1 Å². The quantitative estimate of drug-likeness (QED) is 0.442. The van der Waals surface area contributed by atoms with Crippen LogP contribution < -0.4 is 19.5 Å². The first-order valence-corrected chi connectivity index (χ1v) is 12.1. The second-order valence-electron chi connectivity index (χ2n) is 10.2. The van der Waals surface area contributed by atoms with Gasteiger partial charge in [0.15, 0.2) is 29.2 Å². The number of anilines is 1. The lowest BCUT2D eigenvalue weighted by Crippen LogP contribution is -2.39. The summed E-state index contributed by atoms with van der Waals surface area (Å²) in [5, 5.41) is 20.3. The number of ketones is 1. The number of nitrogens with one attached hydrogen (secondary N) is 2. The summed E-state index contributed by atoms with van der Waals surface area (Å²) in [5.74, 6) is -2.54. The van der Waals surface area contributed by atoms with Crippen molar-refractivity contribution in [3.05, 3.63) is 46.3 Å². The Bertz CT molecular complexity index is 1350. The van der Waals surface area contributed by atoms with Gasteiger partial charge in [-0.3, -0.25) is 19.8 Å². The van der Waals surface area contributed by atoms with E-state index < -0.39 is 35.6 Å². The lowest BCUT2D eigenvalue weighted by molar-refractivity contribution is -0.142. The van der Waals surface area contributed by atoms with Crippen LogP contribution in [0.4, 0.5) is 10.1 Å². The van der Waals surface area contributed by atoms with Gasteiger partial charge in [0.2, 0.25) is 0 Å². The van der Waals surface area contributed by atoms with Gasteiger partial charge in [-0.2, -0.15) is 0 Å². The first-order chi connectivity index (χ1) is 17.8. The van der Waals surface area contributed by atoms with E-state index in [1.165, 1.54) is 18.1 Å². The van der Waals surface area contributed by atoms with Crippen molar-refractivity contribution in [2.45, 2.75) is 52.2 Å². The molecule has 2 heterocycles. The lowest BCUT2D eigenvalue weighted by atomic mass is 9.84. The second-order valence-corrected chi connectivity index (χ2v) is 10.2. The van der Waals surface area contributed by atoms with Crippen LogP contribution >= 0.6 is 0 Å². The monoisotopic (exact) mass is 527 g/mol. The molecule has 0 fully saturated rings. The summed E-state index contributed by atoms with van der Waals surface area (Å²) in [5.41, 5.74) is 1.21. The Hall–Kier alpha value is -4.15. The molecule has 0 saturated heterocycles. The maximum atomic E-state index is 15.2. The van der Waals surface area contributed by atoms with Gasteiger partial charge >= 0.3 is 5.97 Å². The second kappa shape index (κ2) is 9.96. The van der Waals surface area contributed by atoms with Crippen molar-refractivity contribution >= 4 is 29.2 Å². The normalized spacial score (nSPS) is 16.4. The Balaban J connectivity index is 1.64. The van der Waals surface area contributed by atoms with E-state index in [-0.39, 0.29) is 53.0 Å². The van der Waals surface area contributed by atoms with Crippen LogP contribution in [0.5, 0.6) is 17.2 Å². The molecule has 4 rings (SSSR count). The number of hydrogen-bond donors (Lipinski definition) is 3. The minimum absolute atomic E-state index is 0.0593. The maximum absolute atomic E-state index is 15.2. The third-order valence-corrected chi connectivity index (χ3v) is 6.41. The highest BCUT2D eigenvalue weighted by molar-refractivity contribution is 6.07. The largest absolute Gasteiger partial charge is 0.490 e. The molecule has 202 valence electrons. The Morgan fingerprint density at radius 3 is 2.61 bits per heavy atom. The first-order valence-electron chi connectivity index (χ1n) is 12.1. The lowest BCUT2D eigenvalue weighted by Gasteiger charge is -2.31. The Morgan fingerprint density at radius 2 is 2.00 bits per heavy atom. The molecule has 0 bridgehead atoms. The highest BCUT2D eigenvalue weighted by Crippen LogP contribution is 2.42. The van der Waals surface area contributed by atoms with Crippen molar-refractivity contribution in [1.29, 1.82) is 5.41 Å². The van der Waals surface area contributed by atoms with E-state index >= 15 is 4.39 Å². The number of ether oxygens (including phenoxy) is 3. The fourth-order valence-electron chi connectivity index (χ4n) is 4.60. The predicted octanol–water partition coefficient (Wildman–Crippen LogP) is 3.73. The van der Waals surface area contributed by atoms with E-state index in [9.17, 15) is 14.4 Å². The molecule has 0 spiro atoms. The zero-order chi connectivity index (χ0) is 27.9. The summed E-state index contributed by atoms with van der Waals surface area (Å²) in [6, 6.07) is 4.75. The highest BCUT2D eigenvalue weighted by atomic mass is 19.1. The third-order valence-electron chi connectivity index (χ3n) is 6.41. The minimum Gasteiger partial charge on any atom is -0.490 e. The number of carboxylic acids is 1. The number of carboxylic acid groups (broad SMARTS) is 1. The van der Waals surface area contributed by atoms with E-state index in [4.69, 9.17) is 24.7 Å². The van der Waals surface area contributed by atoms with E-state index in [1.54, 1.807) is 19.1 Å². The number of benzene rings is 2. The molecule has 2 aliphatic rings. The van der Waals surface area contributed by atoms with Gasteiger partial charge in [-0.05, 0) is 36.1 Å². The van der Waals surface area contributed by atoms with Crippen LogP contribution in [-0.2, 0) is 21.5 Å². The van der Waals surface area contributed by atoms with Crippen LogP contribution in [0.15, 0.2) is 18.2 Å². The smallest absolute Gasteiger partial charge is 0.307 e. The predicted molar refractivity (Wildman–Crippen MR) is 136 cm³/mol. The average molecular weight is 528 g/mol. The van der Waals surface area contributed by atoms with E-state index in [0.29, 0.717) is 23.5 Å². The maximum Gasteiger partial charge on any atom is 0.307 e. The molecule has 38 heavy (non-hydrogen) atoms. The van der Waals surface area contributed by atoms with Crippen molar-refractivity contribution in [3.63, 3.8) is 0 Å².